The molecule has 0 bridgehead atoms. The molecule has 118 valence electrons. The van der Waals surface area contributed by atoms with Crippen molar-refractivity contribution in [2.45, 2.75) is 0 Å². The standard InChI is InChI=1S/C22H18O2/c1-23-18-9-8-16-13-21-20(14-17(16)12-18)19(10-11-22(21)24-2)15-6-4-3-5-7-15/h3-14H,1-2H3. The highest BCUT2D eigenvalue weighted by Crippen LogP contribution is 2.37. The average molecular weight is 314 g/mol. The molecule has 0 atom stereocenters. The van der Waals surface area contributed by atoms with Crippen molar-refractivity contribution in [3.63, 3.8) is 0 Å². The van der Waals surface area contributed by atoms with Crippen LogP contribution in [0.15, 0.2) is 72.8 Å². The fraction of sp³-hybridized carbons (Fsp3) is 0.0909. The number of ether oxygens (including phenoxy) is 2. The molecule has 0 aliphatic heterocycles. The van der Waals surface area contributed by atoms with Gasteiger partial charge in [0.25, 0.3) is 0 Å². The van der Waals surface area contributed by atoms with E-state index in [0.29, 0.717) is 0 Å². The maximum atomic E-state index is 5.59. The summed E-state index contributed by atoms with van der Waals surface area (Å²) < 4.78 is 11.0. The normalized spacial score (nSPS) is 10.9. The first-order chi connectivity index (χ1) is 11.8. The summed E-state index contributed by atoms with van der Waals surface area (Å²) in [6.07, 6.45) is 0. The summed E-state index contributed by atoms with van der Waals surface area (Å²) >= 11 is 0. The third kappa shape index (κ3) is 2.37. The first-order valence-corrected chi connectivity index (χ1v) is 7.94. The van der Waals surface area contributed by atoms with Crippen LogP contribution in [0.1, 0.15) is 0 Å². The summed E-state index contributed by atoms with van der Waals surface area (Å²) in [6.45, 7) is 0. The summed E-state index contributed by atoms with van der Waals surface area (Å²) in [5.74, 6) is 1.76. The van der Waals surface area contributed by atoms with E-state index >= 15 is 0 Å². The van der Waals surface area contributed by atoms with Gasteiger partial charge in [-0.2, -0.15) is 0 Å². The maximum absolute atomic E-state index is 5.59. The molecule has 0 fully saturated rings. The molecule has 4 aromatic carbocycles. The Kier molecular flexibility index (Phi) is 3.58. The van der Waals surface area contributed by atoms with E-state index in [0.717, 1.165) is 22.3 Å². The number of fused-ring (bicyclic) bond motifs is 2. The van der Waals surface area contributed by atoms with Crippen molar-refractivity contribution in [1.82, 2.24) is 0 Å². The van der Waals surface area contributed by atoms with Crippen molar-refractivity contribution in [3.05, 3.63) is 72.8 Å². The molecule has 24 heavy (non-hydrogen) atoms. The minimum absolute atomic E-state index is 0.867. The zero-order valence-electron chi connectivity index (χ0n) is 13.7. The van der Waals surface area contributed by atoms with Crippen molar-refractivity contribution in [3.8, 4) is 22.6 Å². The van der Waals surface area contributed by atoms with Crippen molar-refractivity contribution < 1.29 is 9.47 Å². The SMILES string of the molecule is COc1ccc2cc3c(OC)ccc(-c4ccccc4)c3cc2c1. The quantitative estimate of drug-likeness (QED) is 0.453. The van der Waals surface area contributed by atoms with Gasteiger partial charge in [0.1, 0.15) is 11.5 Å². The molecule has 4 aromatic rings. The Bertz CT molecular complexity index is 1020. The van der Waals surface area contributed by atoms with Crippen molar-refractivity contribution in [2.75, 3.05) is 14.2 Å². The molecule has 0 radical (unpaired) electrons. The van der Waals surface area contributed by atoms with Gasteiger partial charge in [-0.25, -0.2) is 0 Å². The Labute approximate surface area is 141 Å². The summed E-state index contributed by atoms with van der Waals surface area (Å²) in [5.41, 5.74) is 2.41. The largest absolute Gasteiger partial charge is 0.497 e. The molecule has 0 aliphatic carbocycles. The second-order valence-electron chi connectivity index (χ2n) is 5.79. The van der Waals surface area contributed by atoms with E-state index in [1.54, 1.807) is 14.2 Å². The molecule has 0 amide bonds. The minimum atomic E-state index is 0.867. The molecule has 0 saturated carbocycles. The predicted octanol–water partition coefficient (Wildman–Crippen LogP) is 5.68. The van der Waals surface area contributed by atoms with Gasteiger partial charge in [-0.15, -0.1) is 0 Å². The molecular weight excluding hydrogens is 296 g/mol. The number of hydrogen-bond acceptors (Lipinski definition) is 2. The van der Waals surface area contributed by atoms with Crippen LogP contribution in [-0.2, 0) is 0 Å². The Morgan fingerprint density at radius 1 is 0.625 bits per heavy atom. The lowest BCUT2D eigenvalue weighted by Gasteiger charge is -2.13. The van der Waals surface area contributed by atoms with Crippen LogP contribution in [0.3, 0.4) is 0 Å². The van der Waals surface area contributed by atoms with E-state index in [9.17, 15) is 0 Å². The molecule has 0 aromatic heterocycles. The lowest BCUT2D eigenvalue weighted by atomic mass is 9.95. The van der Waals surface area contributed by atoms with Crippen LogP contribution < -0.4 is 9.47 Å². The molecule has 0 N–H and O–H groups in total. The molecule has 2 nitrogen and oxygen atoms in total. The fourth-order valence-corrected chi connectivity index (χ4v) is 3.22. The number of benzene rings is 4. The number of rotatable bonds is 3. The highest BCUT2D eigenvalue weighted by Gasteiger charge is 2.10. The fourth-order valence-electron chi connectivity index (χ4n) is 3.22. The van der Waals surface area contributed by atoms with E-state index in [2.05, 4.69) is 54.6 Å². The average Bonchev–Trinajstić information content (AvgIpc) is 2.65. The van der Waals surface area contributed by atoms with Crippen molar-refractivity contribution in [1.29, 1.82) is 0 Å². The van der Waals surface area contributed by atoms with Gasteiger partial charge in [0.2, 0.25) is 0 Å². The smallest absolute Gasteiger partial charge is 0.126 e. The zero-order valence-corrected chi connectivity index (χ0v) is 13.7. The Balaban J connectivity index is 2.08. The molecular formula is C22H18O2. The zero-order chi connectivity index (χ0) is 16.5. The summed E-state index contributed by atoms with van der Waals surface area (Å²) in [6, 6.07) is 25.2. The van der Waals surface area contributed by atoms with Gasteiger partial charge >= 0.3 is 0 Å². The van der Waals surface area contributed by atoms with Crippen LogP contribution in [0.25, 0.3) is 32.7 Å². The number of methoxy groups -OCH3 is 2. The van der Waals surface area contributed by atoms with E-state index in [1.807, 2.05) is 18.2 Å². The first kappa shape index (κ1) is 14.6. The summed E-state index contributed by atoms with van der Waals surface area (Å²) in [5, 5.41) is 4.64. The lowest BCUT2D eigenvalue weighted by Crippen LogP contribution is -1.89. The van der Waals surface area contributed by atoms with Gasteiger partial charge in [0.15, 0.2) is 0 Å². The van der Waals surface area contributed by atoms with Crippen LogP contribution >= 0.6 is 0 Å². The Morgan fingerprint density at radius 3 is 2.17 bits per heavy atom. The van der Waals surface area contributed by atoms with Gasteiger partial charge in [0.05, 0.1) is 14.2 Å². The number of hydrogen-bond donors (Lipinski definition) is 0. The van der Waals surface area contributed by atoms with Crippen LogP contribution in [0.4, 0.5) is 0 Å². The van der Waals surface area contributed by atoms with Gasteiger partial charge < -0.3 is 9.47 Å². The molecule has 0 aliphatic rings. The van der Waals surface area contributed by atoms with Gasteiger partial charge in [-0.05, 0) is 57.6 Å². The van der Waals surface area contributed by atoms with E-state index < -0.39 is 0 Å². The highest BCUT2D eigenvalue weighted by molar-refractivity contribution is 6.07. The molecule has 0 heterocycles. The molecule has 0 saturated heterocycles. The van der Waals surface area contributed by atoms with Gasteiger partial charge in [0, 0.05) is 5.39 Å². The molecule has 0 unspecified atom stereocenters. The lowest BCUT2D eigenvalue weighted by molar-refractivity contribution is 0.415. The predicted molar refractivity (Wildman–Crippen MR) is 100.0 cm³/mol. The van der Waals surface area contributed by atoms with Crippen molar-refractivity contribution >= 4 is 21.5 Å². The molecule has 2 heteroatoms. The van der Waals surface area contributed by atoms with E-state index in [4.69, 9.17) is 9.47 Å². The summed E-state index contributed by atoms with van der Waals surface area (Å²) in [7, 11) is 3.41. The van der Waals surface area contributed by atoms with Crippen LogP contribution in [-0.4, -0.2) is 14.2 Å². The van der Waals surface area contributed by atoms with E-state index in [-0.39, 0.29) is 0 Å². The highest BCUT2D eigenvalue weighted by atomic mass is 16.5. The topological polar surface area (TPSA) is 18.5 Å². The first-order valence-electron chi connectivity index (χ1n) is 7.94. The van der Waals surface area contributed by atoms with Gasteiger partial charge in [-0.3, -0.25) is 0 Å². The van der Waals surface area contributed by atoms with Crippen LogP contribution in [0.5, 0.6) is 11.5 Å². The van der Waals surface area contributed by atoms with Crippen LogP contribution in [0, 0.1) is 0 Å². The third-order valence-electron chi connectivity index (χ3n) is 4.45. The summed E-state index contributed by atoms with van der Waals surface area (Å²) in [4.78, 5) is 0. The molecule has 4 rings (SSSR count). The van der Waals surface area contributed by atoms with E-state index in [1.165, 1.54) is 21.9 Å². The van der Waals surface area contributed by atoms with Crippen molar-refractivity contribution in [2.24, 2.45) is 0 Å². The minimum Gasteiger partial charge on any atom is -0.497 e. The van der Waals surface area contributed by atoms with Gasteiger partial charge in [-0.1, -0.05) is 42.5 Å². The monoisotopic (exact) mass is 314 g/mol. The second-order valence-corrected chi connectivity index (χ2v) is 5.79. The molecule has 0 spiro atoms. The van der Waals surface area contributed by atoms with Crippen LogP contribution in [0.2, 0.25) is 0 Å². The maximum Gasteiger partial charge on any atom is 0.126 e. The second kappa shape index (κ2) is 5.89. The Morgan fingerprint density at radius 2 is 1.42 bits per heavy atom. The third-order valence-corrected chi connectivity index (χ3v) is 4.45. The Hall–Kier alpha value is -3.00.